The van der Waals surface area contributed by atoms with E-state index in [9.17, 15) is 8.42 Å². The molecule has 1 aliphatic rings. The molecule has 1 fully saturated rings. The first-order chi connectivity index (χ1) is 14.0. The summed E-state index contributed by atoms with van der Waals surface area (Å²) < 4.78 is 34.2. The van der Waals surface area contributed by atoms with E-state index < -0.39 is 10.0 Å². The summed E-state index contributed by atoms with van der Waals surface area (Å²) in [5, 5.41) is 8.63. The van der Waals surface area contributed by atoms with Gasteiger partial charge in [0, 0.05) is 28.9 Å². The maximum absolute atomic E-state index is 12.9. The van der Waals surface area contributed by atoms with Crippen LogP contribution in [0.15, 0.2) is 67.5 Å². The Morgan fingerprint density at radius 1 is 1.03 bits per heavy atom. The number of hydrogen-bond donors (Lipinski definition) is 0. The van der Waals surface area contributed by atoms with Gasteiger partial charge in [0.2, 0.25) is 15.9 Å². The minimum Gasteiger partial charge on any atom is -0.411 e. The van der Waals surface area contributed by atoms with Crippen molar-refractivity contribution in [3.05, 3.63) is 58.6 Å². The van der Waals surface area contributed by atoms with Crippen molar-refractivity contribution in [1.82, 2.24) is 14.5 Å². The van der Waals surface area contributed by atoms with Crippen LogP contribution < -0.4 is 0 Å². The Kier molecular flexibility index (Phi) is 6.38. The number of benzene rings is 2. The quantitative estimate of drug-likeness (QED) is 0.451. The second kappa shape index (κ2) is 8.99. The monoisotopic (exact) mass is 493 g/mol. The van der Waals surface area contributed by atoms with Crippen molar-refractivity contribution in [2.24, 2.45) is 0 Å². The molecule has 0 spiro atoms. The van der Waals surface area contributed by atoms with Gasteiger partial charge in [-0.05, 0) is 48.7 Å². The van der Waals surface area contributed by atoms with Crippen LogP contribution in [0, 0.1) is 0 Å². The minimum atomic E-state index is -3.50. The van der Waals surface area contributed by atoms with Crippen molar-refractivity contribution in [2.75, 3.05) is 13.1 Å². The molecule has 0 atom stereocenters. The van der Waals surface area contributed by atoms with E-state index >= 15 is 0 Å². The highest BCUT2D eigenvalue weighted by atomic mass is 79.9. The highest BCUT2D eigenvalue weighted by Crippen LogP contribution is 2.29. The predicted molar refractivity (Wildman–Crippen MR) is 116 cm³/mol. The van der Waals surface area contributed by atoms with Gasteiger partial charge in [0.1, 0.15) is 0 Å². The van der Waals surface area contributed by atoms with Crippen molar-refractivity contribution in [1.29, 1.82) is 0 Å². The molecule has 0 saturated carbocycles. The number of aromatic nitrogens is 2. The lowest BCUT2D eigenvalue weighted by Crippen LogP contribution is -2.35. The highest BCUT2D eigenvalue weighted by molar-refractivity contribution is 9.10. The zero-order valence-corrected chi connectivity index (χ0v) is 18.8. The number of halogens is 1. The number of rotatable bonds is 6. The largest absolute Gasteiger partial charge is 0.411 e. The zero-order chi connectivity index (χ0) is 20.3. The molecule has 29 heavy (non-hydrogen) atoms. The molecule has 2 heterocycles. The second-order valence-corrected chi connectivity index (χ2v) is 10.6. The molecular formula is C20H20BrN3O3S2. The number of hydrogen-bond acceptors (Lipinski definition) is 6. The van der Waals surface area contributed by atoms with E-state index in [1.54, 1.807) is 28.6 Å². The molecule has 0 radical (unpaired) electrons. The third-order valence-corrected chi connectivity index (χ3v) is 7.97. The van der Waals surface area contributed by atoms with Gasteiger partial charge in [0.25, 0.3) is 5.22 Å². The lowest BCUT2D eigenvalue weighted by Gasteiger charge is -2.25. The van der Waals surface area contributed by atoms with Crippen molar-refractivity contribution in [2.45, 2.75) is 35.1 Å². The molecule has 1 aromatic heterocycles. The van der Waals surface area contributed by atoms with Gasteiger partial charge < -0.3 is 4.42 Å². The average Bonchev–Trinajstić information content (AvgIpc) is 3.22. The minimum absolute atomic E-state index is 0.262. The summed E-state index contributed by atoms with van der Waals surface area (Å²) in [5.41, 5.74) is 1.74. The zero-order valence-electron chi connectivity index (χ0n) is 15.6. The summed E-state index contributed by atoms with van der Waals surface area (Å²) in [7, 11) is -3.50. The molecule has 6 nitrogen and oxygen atoms in total. The van der Waals surface area contributed by atoms with Gasteiger partial charge in [0.05, 0.1) is 4.90 Å². The summed E-state index contributed by atoms with van der Waals surface area (Å²) in [6.07, 6.45) is 2.89. The van der Waals surface area contributed by atoms with E-state index in [-0.39, 0.29) is 4.90 Å². The molecule has 1 saturated heterocycles. The van der Waals surface area contributed by atoms with Crippen LogP contribution in [-0.2, 0) is 15.8 Å². The number of piperidine rings is 1. The van der Waals surface area contributed by atoms with Crippen molar-refractivity contribution < 1.29 is 12.8 Å². The van der Waals surface area contributed by atoms with E-state index in [1.807, 2.05) is 24.3 Å². The normalized spacial score (nSPS) is 15.5. The van der Waals surface area contributed by atoms with E-state index in [0.29, 0.717) is 35.5 Å². The highest BCUT2D eigenvalue weighted by Gasteiger charge is 2.26. The van der Waals surface area contributed by atoms with E-state index in [1.165, 1.54) is 11.8 Å². The molecule has 4 rings (SSSR count). The molecule has 152 valence electrons. The van der Waals surface area contributed by atoms with Crippen molar-refractivity contribution in [3.63, 3.8) is 0 Å². The molecule has 3 aromatic rings. The van der Waals surface area contributed by atoms with Crippen LogP contribution in [-0.4, -0.2) is 36.0 Å². The molecule has 0 N–H and O–H groups in total. The SMILES string of the molecule is O=S(=O)(c1cccc(-c2nnc(SCc3cccc(Br)c3)o2)c1)N1CCCCC1. The molecule has 1 aliphatic heterocycles. The van der Waals surface area contributed by atoms with Gasteiger partial charge in [-0.1, -0.05) is 52.3 Å². The Morgan fingerprint density at radius 2 is 1.83 bits per heavy atom. The molecule has 0 bridgehead atoms. The average molecular weight is 494 g/mol. The van der Waals surface area contributed by atoms with Gasteiger partial charge in [-0.15, -0.1) is 10.2 Å². The standard InChI is InChI=1S/C20H20BrN3O3S2/c21-17-8-4-6-15(12-17)14-28-20-23-22-19(27-20)16-7-5-9-18(13-16)29(25,26)24-10-2-1-3-11-24/h4-9,12-13H,1-3,10-11,14H2. The Hall–Kier alpha value is -1.68. The van der Waals surface area contributed by atoms with Gasteiger partial charge in [-0.25, -0.2) is 8.42 Å². The van der Waals surface area contributed by atoms with E-state index in [4.69, 9.17) is 4.42 Å². The fraction of sp³-hybridized carbons (Fsp3) is 0.300. The fourth-order valence-electron chi connectivity index (χ4n) is 3.20. The van der Waals surface area contributed by atoms with E-state index in [2.05, 4.69) is 26.1 Å². The van der Waals surface area contributed by atoms with Crippen LogP contribution in [0.5, 0.6) is 0 Å². The molecule has 0 amide bonds. The van der Waals surface area contributed by atoms with Crippen LogP contribution >= 0.6 is 27.7 Å². The number of thioether (sulfide) groups is 1. The topological polar surface area (TPSA) is 76.3 Å². The molecule has 0 unspecified atom stereocenters. The van der Waals surface area contributed by atoms with Crippen LogP contribution in [0.1, 0.15) is 24.8 Å². The van der Waals surface area contributed by atoms with Crippen LogP contribution in [0.25, 0.3) is 11.5 Å². The summed E-state index contributed by atoms with van der Waals surface area (Å²) in [6, 6.07) is 14.8. The Balaban J connectivity index is 1.50. The van der Waals surface area contributed by atoms with Gasteiger partial charge in [0.15, 0.2) is 0 Å². The summed E-state index contributed by atoms with van der Waals surface area (Å²) >= 11 is 4.90. The molecule has 0 aliphatic carbocycles. The lowest BCUT2D eigenvalue weighted by atomic mass is 10.2. The maximum atomic E-state index is 12.9. The maximum Gasteiger partial charge on any atom is 0.277 e. The smallest absolute Gasteiger partial charge is 0.277 e. The second-order valence-electron chi connectivity index (χ2n) is 6.78. The first-order valence-corrected chi connectivity index (χ1v) is 12.6. The Bertz CT molecular complexity index is 1100. The first kappa shape index (κ1) is 20.6. The Morgan fingerprint density at radius 3 is 2.62 bits per heavy atom. The summed E-state index contributed by atoms with van der Waals surface area (Å²) in [5.74, 6) is 1.02. The van der Waals surface area contributed by atoms with Crippen LogP contribution in [0.4, 0.5) is 0 Å². The number of nitrogens with zero attached hydrogens (tertiary/aromatic N) is 3. The molecular weight excluding hydrogens is 474 g/mol. The van der Waals surface area contributed by atoms with Crippen LogP contribution in [0.2, 0.25) is 0 Å². The van der Waals surface area contributed by atoms with Gasteiger partial charge >= 0.3 is 0 Å². The Labute approximate surface area is 182 Å². The molecule has 9 heteroatoms. The predicted octanol–water partition coefficient (Wildman–Crippen LogP) is 4.97. The molecule has 2 aromatic carbocycles. The lowest BCUT2D eigenvalue weighted by molar-refractivity contribution is 0.346. The van der Waals surface area contributed by atoms with E-state index in [0.717, 1.165) is 29.3 Å². The summed E-state index contributed by atoms with van der Waals surface area (Å²) in [4.78, 5) is 0.262. The third kappa shape index (κ3) is 4.91. The fourth-order valence-corrected chi connectivity index (χ4v) is 5.92. The van der Waals surface area contributed by atoms with Gasteiger partial charge in [-0.2, -0.15) is 4.31 Å². The van der Waals surface area contributed by atoms with Crippen LogP contribution in [0.3, 0.4) is 0 Å². The number of sulfonamides is 1. The van der Waals surface area contributed by atoms with Crippen molar-refractivity contribution >= 4 is 37.7 Å². The summed E-state index contributed by atoms with van der Waals surface area (Å²) in [6.45, 7) is 1.15. The van der Waals surface area contributed by atoms with Crippen molar-refractivity contribution in [3.8, 4) is 11.5 Å². The third-order valence-electron chi connectivity index (χ3n) is 4.69. The van der Waals surface area contributed by atoms with Gasteiger partial charge in [-0.3, -0.25) is 0 Å². The first-order valence-electron chi connectivity index (χ1n) is 9.34.